The highest BCUT2D eigenvalue weighted by Crippen LogP contribution is 2.23. The van der Waals surface area contributed by atoms with Crippen LogP contribution in [0.25, 0.3) is 0 Å². The van der Waals surface area contributed by atoms with Crippen molar-refractivity contribution in [2.45, 2.75) is 19.3 Å². The summed E-state index contributed by atoms with van der Waals surface area (Å²) in [5.74, 6) is -0.237. The van der Waals surface area contributed by atoms with Crippen molar-refractivity contribution in [3.63, 3.8) is 0 Å². The zero-order valence-corrected chi connectivity index (χ0v) is 11.8. The molecule has 0 radical (unpaired) electrons. The van der Waals surface area contributed by atoms with Crippen LogP contribution in [-0.2, 0) is 0 Å². The van der Waals surface area contributed by atoms with Crippen molar-refractivity contribution in [3.05, 3.63) is 48.5 Å². The van der Waals surface area contributed by atoms with Gasteiger partial charge < -0.3 is 10.2 Å². The molecule has 1 aromatic heterocycles. The van der Waals surface area contributed by atoms with Crippen molar-refractivity contribution in [2.24, 2.45) is 0 Å². The van der Waals surface area contributed by atoms with Gasteiger partial charge in [0.2, 0.25) is 0 Å². The number of rotatable bonds is 3. The van der Waals surface area contributed by atoms with Gasteiger partial charge in [-0.3, -0.25) is 9.78 Å². The summed E-state index contributed by atoms with van der Waals surface area (Å²) < 4.78 is 0. The first-order valence-corrected chi connectivity index (χ1v) is 7.25. The molecular weight excluding hydrogens is 264 g/mol. The molecule has 0 unspecified atom stereocenters. The molecule has 5 heteroatoms. The lowest BCUT2D eigenvalue weighted by Crippen LogP contribution is -2.29. The van der Waals surface area contributed by atoms with Crippen molar-refractivity contribution in [3.8, 4) is 0 Å². The van der Waals surface area contributed by atoms with Crippen molar-refractivity contribution in [1.29, 1.82) is 0 Å². The maximum Gasteiger partial charge on any atom is 0.275 e. The minimum atomic E-state index is -0.237. The number of piperidine rings is 1. The molecule has 1 fully saturated rings. The number of amides is 1. The highest BCUT2D eigenvalue weighted by atomic mass is 16.1. The Morgan fingerprint density at radius 2 is 2.00 bits per heavy atom. The summed E-state index contributed by atoms with van der Waals surface area (Å²) in [6.45, 7) is 2.17. The average Bonchev–Trinajstić information content (AvgIpc) is 2.57. The standard InChI is InChI=1S/C16H18N4O/c21-16(15-12-17-7-8-18-15)19-13-5-4-6-14(11-13)20-9-2-1-3-10-20/h4-8,11-12H,1-3,9-10H2,(H,19,21). The van der Waals surface area contributed by atoms with E-state index < -0.39 is 0 Å². The Hall–Kier alpha value is -2.43. The Morgan fingerprint density at radius 3 is 2.76 bits per heavy atom. The molecule has 0 bridgehead atoms. The van der Waals surface area contributed by atoms with Crippen molar-refractivity contribution >= 4 is 17.3 Å². The molecule has 0 saturated carbocycles. The number of nitrogens with one attached hydrogen (secondary N) is 1. The fourth-order valence-corrected chi connectivity index (χ4v) is 2.54. The van der Waals surface area contributed by atoms with Gasteiger partial charge in [-0.2, -0.15) is 0 Å². The van der Waals surface area contributed by atoms with Crippen LogP contribution in [0, 0.1) is 0 Å². The third-order valence-corrected chi connectivity index (χ3v) is 3.62. The van der Waals surface area contributed by atoms with Crippen LogP contribution in [-0.4, -0.2) is 29.0 Å². The van der Waals surface area contributed by atoms with Gasteiger partial charge in [-0.15, -0.1) is 0 Å². The van der Waals surface area contributed by atoms with Gasteiger partial charge in [-0.05, 0) is 37.5 Å². The number of benzene rings is 1. The molecule has 1 saturated heterocycles. The topological polar surface area (TPSA) is 58.1 Å². The van der Waals surface area contributed by atoms with E-state index in [0.29, 0.717) is 5.69 Å². The van der Waals surface area contributed by atoms with Gasteiger partial charge >= 0.3 is 0 Å². The molecule has 2 heterocycles. The normalized spacial score (nSPS) is 14.8. The monoisotopic (exact) mass is 282 g/mol. The Balaban J connectivity index is 1.72. The summed E-state index contributed by atoms with van der Waals surface area (Å²) in [5, 5.41) is 2.87. The predicted molar refractivity (Wildman–Crippen MR) is 82.5 cm³/mol. The number of carbonyl (C=O) groups is 1. The first kappa shape index (κ1) is 13.5. The van der Waals surface area contributed by atoms with Crippen LogP contribution >= 0.6 is 0 Å². The SMILES string of the molecule is O=C(Nc1cccc(N2CCCCC2)c1)c1cnccn1. The molecule has 1 N–H and O–H groups in total. The number of aromatic nitrogens is 2. The van der Waals surface area contributed by atoms with E-state index in [1.165, 1.54) is 31.7 Å². The summed E-state index contributed by atoms with van der Waals surface area (Å²) in [4.78, 5) is 22.3. The maximum absolute atomic E-state index is 12.1. The van der Waals surface area contributed by atoms with Crippen LogP contribution in [0.4, 0.5) is 11.4 Å². The summed E-state index contributed by atoms with van der Waals surface area (Å²) >= 11 is 0. The van der Waals surface area contributed by atoms with Crippen LogP contribution in [0.3, 0.4) is 0 Å². The molecule has 3 rings (SSSR count). The molecule has 21 heavy (non-hydrogen) atoms. The van der Waals surface area contributed by atoms with Crippen LogP contribution < -0.4 is 10.2 Å². The second kappa shape index (κ2) is 6.35. The van der Waals surface area contributed by atoms with E-state index in [1.54, 1.807) is 6.20 Å². The molecule has 108 valence electrons. The Kier molecular flexibility index (Phi) is 4.09. The summed E-state index contributed by atoms with van der Waals surface area (Å²) in [6, 6.07) is 7.96. The third kappa shape index (κ3) is 3.37. The fourth-order valence-electron chi connectivity index (χ4n) is 2.54. The van der Waals surface area contributed by atoms with Crippen molar-refractivity contribution in [1.82, 2.24) is 9.97 Å². The van der Waals surface area contributed by atoms with Crippen LogP contribution in [0.15, 0.2) is 42.9 Å². The molecule has 2 aromatic rings. The van der Waals surface area contributed by atoms with Gasteiger partial charge in [0.05, 0.1) is 6.20 Å². The molecule has 1 aliphatic heterocycles. The van der Waals surface area contributed by atoms with Crippen LogP contribution in [0.5, 0.6) is 0 Å². The first-order valence-electron chi connectivity index (χ1n) is 7.25. The predicted octanol–water partition coefficient (Wildman–Crippen LogP) is 2.72. The van der Waals surface area contributed by atoms with Gasteiger partial charge in [0, 0.05) is 36.9 Å². The van der Waals surface area contributed by atoms with E-state index in [-0.39, 0.29) is 5.91 Å². The van der Waals surface area contributed by atoms with E-state index in [2.05, 4.69) is 26.3 Å². The van der Waals surface area contributed by atoms with Gasteiger partial charge in [-0.25, -0.2) is 4.98 Å². The lowest BCUT2D eigenvalue weighted by Gasteiger charge is -2.29. The average molecular weight is 282 g/mol. The third-order valence-electron chi connectivity index (χ3n) is 3.62. The maximum atomic E-state index is 12.1. The van der Waals surface area contributed by atoms with E-state index in [9.17, 15) is 4.79 Å². The first-order chi connectivity index (χ1) is 10.3. The van der Waals surface area contributed by atoms with Crippen LogP contribution in [0.2, 0.25) is 0 Å². The molecule has 1 aliphatic rings. The zero-order valence-electron chi connectivity index (χ0n) is 11.8. The number of nitrogens with zero attached hydrogens (tertiary/aromatic N) is 3. The molecule has 0 atom stereocenters. The Labute approximate surface area is 124 Å². The lowest BCUT2D eigenvalue weighted by atomic mass is 10.1. The lowest BCUT2D eigenvalue weighted by molar-refractivity contribution is 0.102. The smallest absolute Gasteiger partial charge is 0.275 e. The molecule has 1 amide bonds. The molecule has 0 spiro atoms. The minimum Gasteiger partial charge on any atom is -0.371 e. The number of carbonyl (C=O) groups excluding carboxylic acids is 1. The highest BCUT2D eigenvalue weighted by Gasteiger charge is 2.12. The summed E-state index contributed by atoms with van der Waals surface area (Å²) in [7, 11) is 0. The van der Waals surface area contributed by atoms with Gasteiger partial charge in [0.1, 0.15) is 5.69 Å². The molecule has 1 aromatic carbocycles. The van der Waals surface area contributed by atoms with Crippen LogP contribution in [0.1, 0.15) is 29.8 Å². The van der Waals surface area contributed by atoms with E-state index in [0.717, 1.165) is 24.5 Å². The van der Waals surface area contributed by atoms with Crippen molar-refractivity contribution in [2.75, 3.05) is 23.3 Å². The highest BCUT2D eigenvalue weighted by molar-refractivity contribution is 6.02. The van der Waals surface area contributed by atoms with Crippen molar-refractivity contribution < 1.29 is 4.79 Å². The van der Waals surface area contributed by atoms with E-state index >= 15 is 0 Å². The minimum absolute atomic E-state index is 0.237. The number of hydrogen-bond acceptors (Lipinski definition) is 4. The summed E-state index contributed by atoms with van der Waals surface area (Å²) in [6.07, 6.45) is 8.29. The van der Waals surface area contributed by atoms with Gasteiger partial charge in [0.15, 0.2) is 0 Å². The second-order valence-corrected chi connectivity index (χ2v) is 5.14. The largest absolute Gasteiger partial charge is 0.371 e. The van der Waals surface area contributed by atoms with Gasteiger partial charge in [0.25, 0.3) is 5.91 Å². The number of anilines is 2. The molecular formula is C16H18N4O. The quantitative estimate of drug-likeness (QED) is 0.940. The number of hydrogen-bond donors (Lipinski definition) is 1. The van der Waals surface area contributed by atoms with Gasteiger partial charge in [-0.1, -0.05) is 6.07 Å². The zero-order chi connectivity index (χ0) is 14.5. The summed E-state index contributed by atoms with van der Waals surface area (Å²) in [5.41, 5.74) is 2.27. The van der Waals surface area contributed by atoms with E-state index in [4.69, 9.17) is 0 Å². The Bertz CT molecular complexity index is 609. The molecule has 0 aliphatic carbocycles. The Morgan fingerprint density at radius 1 is 1.14 bits per heavy atom. The van der Waals surface area contributed by atoms with E-state index in [1.807, 2.05) is 18.2 Å². The second-order valence-electron chi connectivity index (χ2n) is 5.14. The fraction of sp³-hybridized carbons (Fsp3) is 0.312. The molecule has 5 nitrogen and oxygen atoms in total.